The van der Waals surface area contributed by atoms with E-state index < -0.39 is 0 Å². The number of thioether (sulfide) groups is 1. The number of carbonyl (C=O) groups excluding carboxylic acids is 1. The molecule has 35 heavy (non-hydrogen) atoms. The molecule has 0 fully saturated rings. The highest BCUT2D eigenvalue weighted by molar-refractivity contribution is 7.99. The van der Waals surface area contributed by atoms with Gasteiger partial charge in [-0.2, -0.15) is 0 Å². The predicted octanol–water partition coefficient (Wildman–Crippen LogP) is 6.38. The number of fused-ring (bicyclic) bond motifs is 3. The van der Waals surface area contributed by atoms with E-state index in [2.05, 4.69) is 16.4 Å². The molecule has 180 valence electrons. The first-order valence-corrected chi connectivity index (χ1v) is 13.8. The maximum Gasteiger partial charge on any atom is 0.267 e. The molecule has 1 N–H and O–H groups in total. The molecule has 0 atom stereocenters. The Bertz CT molecular complexity index is 1510. The summed E-state index contributed by atoms with van der Waals surface area (Å²) in [6, 6.07) is 7.53. The first kappa shape index (κ1) is 24.3. The first-order valence-electron chi connectivity index (χ1n) is 11.2. The predicted molar refractivity (Wildman–Crippen MR) is 145 cm³/mol. The summed E-state index contributed by atoms with van der Waals surface area (Å²) >= 11 is 14.8. The Morgan fingerprint density at radius 1 is 1.14 bits per heavy atom. The Morgan fingerprint density at radius 3 is 2.63 bits per heavy atom. The van der Waals surface area contributed by atoms with E-state index in [1.165, 1.54) is 28.9 Å². The van der Waals surface area contributed by atoms with E-state index in [4.69, 9.17) is 28.2 Å². The van der Waals surface area contributed by atoms with Gasteiger partial charge in [-0.05, 0) is 74.4 Å². The van der Waals surface area contributed by atoms with Crippen LogP contribution < -0.4 is 10.9 Å². The average molecular weight is 546 g/mol. The van der Waals surface area contributed by atoms with E-state index in [0.29, 0.717) is 10.2 Å². The molecule has 5 rings (SSSR count). The number of pyridine rings is 1. The molecule has 3 aromatic heterocycles. The highest BCUT2D eigenvalue weighted by atomic mass is 35.5. The Labute approximate surface area is 220 Å². The number of carbonyl (C=O) groups is 1. The summed E-state index contributed by atoms with van der Waals surface area (Å²) in [7, 11) is 0. The number of hydrogen-bond donors (Lipinski definition) is 1. The van der Waals surface area contributed by atoms with Crippen LogP contribution in [-0.2, 0) is 17.6 Å². The van der Waals surface area contributed by atoms with Crippen LogP contribution in [0.15, 0.2) is 40.4 Å². The highest BCUT2D eigenvalue weighted by Gasteiger charge is 2.23. The molecule has 6 nitrogen and oxygen atoms in total. The van der Waals surface area contributed by atoms with E-state index in [1.54, 1.807) is 15.9 Å². The fourth-order valence-corrected chi connectivity index (χ4v) is 6.94. The summed E-state index contributed by atoms with van der Waals surface area (Å²) in [5, 5.41) is 4.54. The van der Waals surface area contributed by atoms with Gasteiger partial charge in [0.15, 0.2) is 11.0 Å². The molecule has 0 radical (unpaired) electrons. The maximum atomic E-state index is 13.9. The third-order valence-corrected chi connectivity index (χ3v) is 8.44. The van der Waals surface area contributed by atoms with E-state index >= 15 is 0 Å². The lowest BCUT2D eigenvalue weighted by Crippen LogP contribution is -2.23. The van der Waals surface area contributed by atoms with Gasteiger partial charge in [0.25, 0.3) is 5.56 Å². The molecular formula is C25H22Cl2N4O2S2. The molecule has 0 aliphatic heterocycles. The van der Waals surface area contributed by atoms with Crippen LogP contribution in [0.1, 0.15) is 34.4 Å². The molecule has 1 aliphatic carbocycles. The Kier molecular flexibility index (Phi) is 6.90. The fourth-order valence-electron chi connectivity index (χ4n) is 4.40. The van der Waals surface area contributed by atoms with Gasteiger partial charge >= 0.3 is 0 Å². The van der Waals surface area contributed by atoms with Crippen molar-refractivity contribution in [1.82, 2.24) is 14.5 Å². The van der Waals surface area contributed by atoms with E-state index in [9.17, 15) is 9.59 Å². The number of nitrogens with zero attached hydrogens (tertiary/aromatic N) is 3. The van der Waals surface area contributed by atoms with Crippen LogP contribution in [0.3, 0.4) is 0 Å². The number of amides is 1. The number of anilines is 1. The molecule has 1 aromatic carbocycles. The summed E-state index contributed by atoms with van der Waals surface area (Å²) in [5.41, 5.74) is 3.92. The van der Waals surface area contributed by atoms with Crippen molar-refractivity contribution in [3.05, 3.63) is 72.4 Å². The van der Waals surface area contributed by atoms with Gasteiger partial charge in [-0.25, -0.2) is 9.97 Å². The van der Waals surface area contributed by atoms with Crippen molar-refractivity contribution in [2.24, 2.45) is 0 Å². The van der Waals surface area contributed by atoms with Gasteiger partial charge in [-0.15, -0.1) is 11.3 Å². The van der Waals surface area contributed by atoms with Gasteiger partial charge in [-0.3, -0.25) is 14.2 Å². The Hall–Kier alpha value is -2.39. The topological polar surface area (TPSA) is 76.9 Å². The quantitative estimate of drug-likeness (QED) is 0.233. The molecule has 0 saturated carbocycles. The molecule has 3 heterocycles. The van der Waals surface area contributed by atoms with Gasteiger partial charge in [0.1, 0.15) is 4.83 Å². The standard InChI is InChI=1S/C25H22Cl2N4O2S2/c1-13-7-14(2)9-16(8-13)31-24(33)21-17-5-3-4-6-19(17)35-23(21)30-25(31)34-12-20(32)29-22-18(27)10-15(26)11-28-22/h7-11H,3-6,12H2,1-2H3,(H,28,29,32). The van der Waals surface area contributed by atoms with Crippen molar-refractivity contribution in [3.63, 3.8) is 0 Å². The lowest BCUT2D eigenvalue weighted by molar-refractivity contribution is -0.113. The first-order chi connectivity index (χ1) is 16.8. The van der Waals surface area contributed by atoms with Gasteiger partial charge in [0.05, 0.1) is 26.9 Å². The van der Waals surface area contributed by atoms with Gasteiger partial charge < -0.3 is 5.32 Å². The zero-order valence-corrected chi connectivity index (χ0v) is 22.3. The van der Waals surface area contributed by atoms with Crippen LogP contribution in [0.2, 0.25) is 10.0 Å². The van der Waals surface area contributed by atoms with Crippen molar-refractivity contribution in [2.75, 3.05) is 11.1 Å². The van der Waals surface area contributed by atoms with Crippen molar-refractivity contribution in [2.45, 2.75) is 44.7 Å². The minimum atomic E-state index is -0.307. The number of rotatable bonds is 5. The molecule has 1 aliphatic rings. The van der Waals surface area contributed by atoms with Crippen LogP contribution in [0, 0.1) is 13.8 Å². The molecular weight excluding hydrogens is 523 g/mol. The van der Waals surface area contributed by atoms with Crippen molar-refractivity contribution in [1.29, 1.82) is 0 Å². The molecule has 1 amide bonds. The summed E-state index contributed by atoms with van der Waals surface area (Å²) < 4.78 is 1.65. The van der Waals surface area contributed by atoms with Crippen LogP contribution >= 0.6 is 46.3 Å². The second kappa shape index (κ2) is 9.93. The monoisotopic (exact) mass is 544 g/mol. The molecule has 10 heteroatoms. The summed E-state index contributed by atoms with van der Waals surface area (Å²) in [6.07, 6.45) is 5.53. The van der Waals surface area contributed by atoms with Gasteiger partial charge in [0.2, 0.25) is 5.91 Å². The van der Waals surface area contributed by atoms with Crippen molar-refractivity contribution in [3.8, 4) is 5.69 Å². The number of halogens is 2. The number of aromatic nitrogens is 3. The Morgan fingerprint density at radius 2 is 1.89 bits per heavy atom. The summed E-state index contributed by atoms with van der Waals surface area (Å²) in [5.74, 6) is -0.0321. The Balaban J connectivity index is 1.54. The van der Waals surface area contributed by atoms with Crippen LogP contribution in [0.25, 0.3) is 15.9 Å². The fraction of sp³-hybridized carbons (Fsp3) is 0.280. The number of nitrogens with one attached hydrogen (secondary N) is 1. The average Bonchev–Trinajstić information content (AvgIpc) is 3.17. The van der Waals surface area contributed by atoms with Crippen LogP contribution in [0.4, 0.5) is 5.82 Å². The third-order valence-electron chi connectivity index (χ3n) is 5.82. The normalized spacial score (nSPS) is 13.1. The maximum absolute atomic E-state index is 13.9. The third kappa shape index (κ3) is 4.98. The van der Waals surface area contributed by atoms with E-state index in [0.717, 1.165) is 58.3 Å². The van der Waals surface area contributed by atoms with Gasteiger partial charge in [-0.1, -0.05) is 41.0 Å². The van der Waals surface area contributed by atoms with Gasteiger partial charge in [0, 0.05) is 11.1 Å². The minimum absolute atomic E-state index is 0.0362. The second-order valence-electron chi connectivity index (χ2n) is 8.59. The minimum Gasteiger partial charge on any atom is -0.309 e. The van der Waals surface area contributed by atoms with Crippen LogP contribution in [-0.4, -0.2) is 26.2 Å². The summed E-state index contributed by atoms with van der Waals surface area (Å²) in [4.78, 5) is 37.6. The zero-order chi connectivity index (χ0) is 24.7. The highest BCUT2D eigenvalue weighted by Crippen LogP contribution is 2.35. The lowest BCUT2D eigenvalue weighted by atomic mass is 9.97. The molecule has 0 saturated heterocycles. The largest absolute Gasteiger partial charge is 0.309 e. The second-order valence-corrected chi connectivity index (χ2v) is 11.5. The summed E-state index contributed by atoms with van der Waals surface area (Å²) in [6.45, 7) is 4.01. The number of benzene rings is 1. The lowest BCUT2D eigenvalue weighted by Gasteiger charge is -2.15. The molecule has 4 aromatic rings. The van der Waals surface area contributed by atoms with E-state index in [-0.39, 0.29) is 28.1 Å². The molecule has 0 spiro atoms. The van der Waals surface area contributed by atoms with E-state index in [1.807, 2.05) is 26.0 Å². The zero-order valence-electron chi connectivity index (χ0n) is 19.2. The van der Waals surface area contributed by atoms with Crippen molar-refractivity contribution < 1.29 is 4.79 Å². The number of thiophene rings is 1. The van der Waals surface area contributed by atoms with Crippen LogP contribution in [0.5, 0.6) is 0 Å². The number of aryl methyl sites for hydroxylation is 4. The molecule has 0 bridgehead atoms. The smallest absolute Gasteiger partial charge is 0.267 e. The molecule has 0 unspecified atom stereocenters. The number of hydrogen-bond acceptors (Lipinski definition) is 6. The van der Waals surface area contributed by atoms with Crippen molar-refractivity contribution >= 4 is 68.2 Å². The SMILES string of the molecule is Cc1cc(C)cc(-n2c(SCC(=O)Nc3ncc(Cl)cc3Cl)nc3sc4c(c3c2=O)CCCC4)c1.